The molecular weight excluding hydrogens is 138 g/mol. The highest BCUT2D eigenvalue weighted by Crippen LogP contribution is 1.88. The van der Waals surface area contributed by atoms with E-state index in [-0.39, 0.29) is 5.96 Å². The van der Waals surface area contributed by atoms with Gasteiger partial charge >= 0.3 is 0 Å². The van der Waals surface area contributed by atoms with Crippen molar-refractivity contribution in [3.8, 4) is 0 Å². The van der Waals surface area contributed by atoms with Crippen LogP contribution in [0, 0.1) is 0 Å². The monoisotopic (exact) mass is 149 g/mol. The van der Waals surface area contributed by atoms with Gasteiger partial charge in [0.1, 0.15) is 0 Å². The van der Waals surface area contributed by atoms with Crippen molar-refractivity contribution in [1.82, 2.24) is 5.48 Å². The lowest BCUT2D eigenvalue weighted by Crippen LogP contribution is -2.28. The molecule has 0 aliphatic heterocycles. The number of guanidine groups is 1. The lowest BCUT2D eigenvalue weighted by atomic mass is 10.8. The zero-order valence-electron chi connectivity index (χ0n) is 5.29. The molecule has 0 aromatic rings. The molecule has 0 saturated heterocycles. The van der Waals surface area contributed by atoms with Gasteiger partial charge in [0.2, 0.25) is 5.96 Å². The molecule has 9 heavy (non-hydrogen) atoms. The third-order valence-corrected chi connectivity index (χ3v) is 1.28. The Balaban J connectivity index is 3.21. The number of nitrogens with two attached hydrogens (primary N) is 1. The molecule has 0 heterocycles. The first-order chi connectivity index (χ1) is 4.31. The van der Waals surface area contributed by atoms with Crippen LogP contribution in [0.15, 0.2) is 4.99 Å². The molecule has 5 heteroatoms. The maximum Gasteiger partial charge on any atom is 0.212 e. The quantitative estimate of drug-likeness (QED) is 0.222. The van der Waals surface area contributed by atoms with Crippen LogP contribution in [0.25, 0.3) is 0 Å². The largest absolute Gasteiger partial charge is 0.368 e. The van der Waals surface area contributed by atoms with Gasteiger partial charge in [-0.1, -0.05) is 0 Å². The molecule has 4 nitrogen and oxygen atoms in total. The maximum absolute atomic E-state index is 8.12. The smallest absolute Gasteiger partial charge is 0.212 e. The summed E-state index contributed by atoms with van der Waals surface area (Å²) in [7, 11) is 0. The summed E-state index contributed by atoms with van der Waals surface area (Å²) >= 11 is 1.68. The Bertz CT molecular complexity index is 95.8. The molecule has 0 aromatic heterocycles. The van der Waals surface area contributed by atoms with Gasteiger partial charge in [0.05, 0.1) is 6.54 Å². The first-order valence-corrected chi connectivity index (χ1v) is 3.89. The summed E-state index contributed by atoms with van der Waals surface area (Å²) < 4.78 is 0. The Labute approximate surface area is 58.5 Å². The van der Waals surface area contributed by atoms with Crippen LogP contribution >= 0.6 is 11.8 Å². The standard InChI is InChI=1S/C4H11N3OS/c1-9-3-2-6-4(5)7-8/h8H,2-3H2,1H3,(H3,5,6,7). The van der Waals surface area contributed by atoms with E-state index in [9.17, 15) is 0 Å². The molecule has 0 radical (unpaired) electrons. The molecule has 0 aliphatic carbocycles. The molecule has 4 N–H and O–H groups in total. The van der Waals surface area contributed by atoms with E-state index in [1.807, 2.05) is 6.26 Å². The molecule has 0 rings (SSSR count). The average Bonchev–Trinajstić information content (AvgIpc) is 1.89. The summed E-state index contributed by atoms with van der Waals surface area (Å²) in [6, 6.07) is 0. The molecule has 0 bridgehead atoms. The van der Waals surface area contributed by atoms with Crippen LogP contribution in [0.5, 0.6) is 0 Å². The maximum atomic E-state index is 8.12. The highest BCUT2D eigenvalue weighted by atomic mass is 32.2. The fourth-order valence-corrected chi connectivity index (χ4v) is 0.567. The minimum absolute atomic E-state index is 0.0732. The Morgan fingerprint density at radius 2 is 2.56 bits per heavy atom. The highest BCUT2D eigenvalue weighted by molar-refractivity contribution is 7.98. The van der Waals surface area contributed by atoms with Gasteiger partial charge in [-0.05, 0) is 6.26 Å². The van der Waals surface area contributed by atoms with E-state index in [0.29, 0.717) is 6.54 Å². The third kappa shape index (κ3) is 5.45. The molecule has 0 spiro atoms. The molecule has 0 atom stereocenters. The minimum Gasteiger partial charge on any atom is -0.368 e. The number of nitrogens with zero attached hydrogens (tertiary/aromatic N) is 1. The Morgan fingerprint density at radius 3 is 3.00 bits per heavy atom. The van der Waals surface area contributed by atoms with Gasteiger partial charge in [-0.15, -0.1) is 0 Å². The summed E-state index contributed by atoms with van der Waals surface area (Å²) in [5.74, 6) is 0.992. The van der Waals surface area contributed by atoms with Crippen molar-refractivity contribution in [2.75, 3.05) is 18.6 Å². The zero-order valence-corrected chi connectivity index (χ0v) is 6.11. The van der Waals surface area contributed by atoms with E-state index in [1.165, 1.54) is 0 Å². The van der Waals surface area contributed by atoms with Gasteiger partial charge in [0.15, 0.2) is 0 Å². The predicted octanol–water partition coefficient (Wildman–Crippen LogP) is -0.357. The summed E-state index contributed by atoms with van der Waals surface area (Å²) in [5.41, 5.74) is 6.84. The zero-order chi connectivity index (χ0) is 7.11. The second-order valence-corrected chi connectivity index (χ2v) is 2.36. The molecule has 0 amide bonds. The summed E-state index contributed by atoms with van der Waals surface area (Å²) in [5, 5.41) is 8.12. The predicted molar refractivity (Wildman–Crippen MR) is 39.8 cm³/mol. The van der Waals surface area contributed by atoms with E-state index >= 15 is 0 Å². The number of hydrogen-bond donors (Lipinski definition) is 3. The highest BCUT2D eigenvalue weighted by Gasteiger charge is 1.83. The number of hydrogen-bond acceptors (Lipinski definition) is 3. The topological polar surface area (TPSA) is 70.6 Å². The fourth-order valence-electron chi connectivity index (χ4n) is 0.293. The van der Waals surface area contributed by atoms with Gasteiger partial charge in [-0.25, -0.2) is 5.48 Å². The van der Waals surface area contributed by atoms with E-state index < -0.39 is 0 Å². The van der Waals surface area contributed by atoms with E-state index in [0.717, 1.165) is 5.75 Å². The third-order valence-electron chi connectivity index (χ3n) is 0.692. The van der Waals surface area contributed by atoms with E-state index in [2.05, 4.69) is 4.99 Å². The number of thioether (sulfide) groups is 1. The van der Waals surface area contributed by atoms with Crippen molar-refractivity contribution in [1.29, 1.82) is 0 Å². The SMILES string of the molecule is CSCCN=C(N)NO. The fraction of sp³-hybridized carbons (Fsp3) is 0.750. The molecule has 0 fully saturated rings. The average molecular weight is 149 g/mol. The van der Waals surface area contributed by atoms with Gasteiger partial charge < -0.3 is 5.73 Å². The molecule has 0 aliphatic rings. The number of nitrogens with one attached hydrogen (secondary N) is 1. The van der Waals surface area contributed by atoms with Crippen LogP contribution in [0.3, 0.4) is 0 Å². The van der Waals surface area contributed by atoms with Crippen molar-refractivity contribution in [3.63, 3.8) is 0 Å². The van der Waals surface area contributed by atoms with E-state index in [1.54, 1.807) is 17.2 Å². The molecule has 0 unspecified atom stereocenters. The van der Waals surface area contributed by atoms with Gasteiger partial charge in [0.25, 0.3) is 0 Å². The van der Waals surface area contributed by atoms with Gasteiger partial charge in [-0.3, -0.25) is 10.2 Å². The number of aliphatic imine (C=N–C) groups is 1. The number of hydroxylamine groups is 1. The Hall–Kier alpha value is -0.420. The first-order valence-electron chi connectivity index (χ1n) is 2.50. The first kappa shape index (κ1) is 8.58. The van der Waals surface area contributed by atoms with Crippen LogP contribution in [0.4, 0.5) is 0 Å². The molecule has 0 saturated carbocycles. The van der Waals surface area contributed by atoms with Crippen LogP contribution in [-0.2, 0) is 0 Å². The van der Waals surface area contributed by atoms with Crippen LogP contribution < -0.4 is 11.2 Å². The van der Waals surface area contributed by atoms with Crippen molar-refractivity contribution < 1.29 is 5.21 Å². The van der Waals surface area contributed by atoms with Crippen molar-refractivity contribution in [2.45, 2.75) is 0 Å². The number of rotatable bonds is 3. The second-order valence-electron chi connectivity index (χ2n) is 1.37. The van der Waals surface area contributed by atoms with Crippen molar-refractivity contribution >= 4 is 17.7 Å². The van der Waals surface area contributed by atoms with Crippen molar-refractivity contribution in [3.05, 3.63) is 0 Å². The summed E-state index contributed by atoms with van der Waals surface area (Å²) in [6.07, 6.45) is 1.98. The minimum atomic E-state index is 0.0732. The summed E-state index contributed by atoms with van der Waals surface area (Å²) in [6.45, 7) is 0.639. The van der Waals surface area contributed by atoms with Crippen LogP contribution in [0.1, 0.15) is 0 Å². The Morgan fingerprint density at radius 1 is 1.89 bits per heavy atom. The van der Waals surface area contributed by atoms with Crippen LogP contribution in [-0.4, -0.2) is 29.7 Å². The van der Waals surface area contributed by atoms with E-state index in [4.69, 9.17) is 10.9 Å². The van der Waals surface area contributed by atoms with Gasteiger partial charge in [-0.2, -0.15) is 11.8 Å². The van der Waals surface area contributed by atoms with Gasteiger partial charge in [0, 0.05) is 5.75 Å². The van der Waals surface area contributed by atoms with Crippen LogP contribution in [0.2, 0.25) is 0 Å². The summed E-state index contributed by atoms with van der Waals surface area (Å²) in [4.78, 5) is 3.74. The molecular formula is C4H11N3OS. The molecule has 0 aromatic carbocycles. The Kier molecular flexibility index (Phi) is 5.45. The van der Waals surface area contributed by atoms with Crippen molar-refractivity contribution in [2.24, 2.45) is 10.7 Å². The lowest BCUT2D eigenvalue weighted by molar-refractivity contribution is 0.232. The lowest BCUT2D eigenvalue weighted by Gasteiger charge is -1.94. The second kappa shape index (κ2) is 5.71. The normalized spacial score (nSPS) is 11.6. The molecule has 54 valence electrons.